The van der Waals surface area contributed by atoms with E-state index in [1.165, 1.54) is 24.2 Å². The van der Waals surface area contributed by atoms with Gasteiger partial charge in [0.2, 0.25) is 0 Å². The second-order valence-electron chi connectivity index (χ2n) is 7.15. The van der Waals surface area contributed by atoms with Gasteiger partial charge in [0.15, 0.2) is 11.5 Å². The van der Waals surface area contributed by atoms with Crippen LogP contribution in [0.15, 0.2) is 42.6 Å². The predicted molar refractivity (Wildman–Crippen MR) is 98.2 cm³/mol. The van der Waals surface area contributed by atoms with Gasteiger partial charge >= 0.3 is 0 Å². The molecule has 0 bridgehead atoms. The first-order chi connectivity index (χ1) is 12.3. The van der Waals surface area contributed by atoms with Crippen molar-refractivity contribution in [1.29, 1.82) is 0 Å². The second kappa shape index (κ2) is 7.44. The number of likely N-dealkylation sites (tertiary alicyclic amines) is 1. The van der Waals surface area contributed by atoms with E-state index in [-0.39, 0.29) is 6.10 Å². The third-order valence-corrected chi connectivity index (χ3v) is 5.39. The van der Waals surface area contributed by atoms with Crippen LogP contribution in [-0.4, -0.2) is 42.7 Å². The fourth-order valence-electron chi connectivity index (χ4n) is 4.10. The number of rotatable bonds is 5. The van der Waals surface area contributed by atoms with Crippen molar-refractivity contribution in [2.75, 3.05) is 26.7 Å². The van der Waals surface area contributed by atoms with Gasteiger partial charge in [0.25, 0.3) is 0 Å². The van der Waals surface area contributed by atoms with Crippen LogP contribution < -0.4 is 9.47 Å². The number of fused-ring (bicyclic) bond motifs is 1. The molecule has 1 aromatic carbocycles. The van der Waals surface area contributed by atoms with Gasteiger partial charge < -0.3 is 14.4 Å². The molecule has 0 spiro atoms. The summed E-state index contributed by atoms with van der Waals surface area (Å²) in [6.45, 7) is 3.40. The maximum Gasteiger partial charge on any atom is 0.161 e. The standard InChI is InChI=1S/C21H26N2O2/c1-24-20-6-2-3-7-21(20)25-18-8-11-23(12-9-18)15-16-13-17-5-4-10-22-19(17)14-16/h2-7,10,16,18H,8-9,11-15H2,1H3. The molecule has 0 saturated carbocycles. The number of aromatic nitrogens is 1. The second-order valence-corrected chi connectivity index (χ2v) is 7.15. The summed E-state index contributed by atoms with van der Waals surface area (Å²) in [4.78, 5) is 7.12. The Morgan fingerprint density at radius 2 is 1.84 bits per heavy atom. The number of nitrogens with zero attached hydrogens (tertiary/aromatic N) is 2. The monoisotopic (exact) mass is 338 g/mol. The molecule has 132 valence electrons. The molecular formula is C21H26N2O2. The molecule has 1 unspecified atom stereocenters. The average Bonchev–Trinajstić information content (AvgIpc) is 3.06. The van der Waals surface area contributed by atoms with Gasteiger partial charge in [-0.2, -0.15) is 0 Å². The molecule has 1 saturated heterocycles. The van der Waals surface area contributed by atoms with Crippen molar-refractivity contribution in [2.24, 2.45) is 5.92 Å². The minimum Gasteiger partial charge on any atom is -0.493 e. The maximum atomic E-state index is 6.18. The zero-order valence-electron chi connectivity index (χ0n) is 14.9. The first kappa shape index (κ1) is 16.4. The molecule has 1 atom stereocenters. The van der Waals surface area contributed by atoms with Crippen LogP contribution in [0.3, 0.4) is 0 Å². The Bertz CT molecular complexity index is 686. The van der Waals surface area contributed by atoms with Gasteiger partial charge in [0, 0.05) is 31.5 Å². The van der Waals surface area contributed by atoms with E-state index < -0.39 is 0 Å². The van der Waals surface area contributed by atoms with Crippen LogP contribution in [0.1, 0.15) is 24.1 Å². The summed E-state index contributed by atoms with van der Waals surface area (Å²) in [5, 5.41) is 0. The van der Waals surface area contributed by atoms with Gasteiger partial charge in [-0.15, -0.1) is 0 Å². The van der Waals surface area contributed by atoms with Gasteiger partial charge in [0.1, 0.15) is 6.10 Å². The topological polar surface area (TPSA) is 34.6 Å². The van der Waals surface area contributed by atoms with Crippen LogP contribution in [0.25, 0.3) is 0 Å². The zero-order chi connectivity index (χ0) is 17.1. The molecule has 2 aromatic rings. The minimum atomic E-state index is 0.287. The number of hydrogen-bond acceptors (Lipinski definition) is 4. The smallest absolute Gasteiger partial charge is 0.161 e. The lowest BCUT2D eigenvalue weighted by Gasteiger charge is -2.33. The van der Waals surface area contributed by atoms with Crippen LogP contribution in [0.4, 0.5) is 0 Å². The van der Waals surface area contributed by atoms with Gasteiger partial charge in [-0.05, 0) is 55.4 Å². The van der Waals surface area contributed by atoms with Crippen LogP contribution >= 0.6 is 0 Å². The molecule has 0 radical (unpaired) electrons. The Kier molecular flexibility index (Phi) is 4.88. The average molecular weight is 338 g/mol. The summed E-state index contributed by atoms with van der Waals surface area (Å²) < 4.78 is 11.6. The molecular weight excluding hydrogens is 312 g/mol. The van der Waals surface area contributed by atoms with E-state index in [4.69, 9.17) is 9.47 Å². The number of benzene rings is 1. The number of ether oxygens (including phenoxy) is 2. The molecule has 0 N–H and O–H groups in total. The van der Waals surface area contributed by atoms with Gasteiger partial charge in [-0.1, -0.05) is 18.2 Å². The van der Waals surface area contributed by atoms with E-state index in [1.54, 1.807) is 7.11 Å². The van der Waals surface area contributed by atoms with Crippen molar-refractivity contribution in [3.63, 3.8) is 0 Å². The van der Waals surface area contributed by atoms with E-state index in [2.05, 4.69) is 22.0 Å². The third kappa shape index (κ3) is 3.79. The van der Waals surface area contributed by atoms with Crippen LogP contribution in [0.2, 0.25) is 0 Å². The Morgan fingerprint density at radius 1 is 1.04 bits per heavy atom. The predicted octanol–water partition coefficient (Wildman–Crippen LogP) is 3.35. The van der Waals surface area contributed by atoms with Gasteiger partial charge in [-0.3, -0.25) is 4.98 Å². The minimum absolute atomic E-state index is 0.287. The largest absolute Gasteiger partial charge is 0.493 e. The van der Waals surface area contributed by atoms with Crippen LogP contribution in [0, 0.1) is 5.92 Å². The molecule has 4 rings (SSSR count). The molecule has 25 heavy (non-hydrogen) atoms. The quantitative estimate of drug-likeness (QED) is 0.837. The van der Waals surface area contributed by atoms with E-state index in [0.717, 1.165) is 49.8 Å². The van der Waals surface area contributed by atoms with E-state index >= 15 is 0 Å². The lowest BCUT2D eigenvalue weighted by atomic mass is 10.0. The number of hydrogen-bond donors (Lipinski definition) is 0. The summed E-state index contributed by atoms with van der Waals surface area (Å²) in [6, 6.07) is 12.2. The number of para-hydroxylation sites is 2. The molecule has 2 heterocycles. The van der Waals surface area contributed by atoms with Gasteiger partial charge in [0.05, 0.1) is 7.11 Å². The molecule has 0 amide bonds. The summed E-state index contributed by atoms with van der Waals surface area (Å²) in [5.74, 6) is 2.40. The molecule has 1 aromatic heterocycles. The molecule has 1 fully saturated rings. The Balaban J connectivity index is 1.26. The van der Waals surface area contributed by atoms with Crippen molar-refractivity contribution in [3.05, 3.63) is 53.9 Å². The van der Waals surface area contributed by atoms with Gasteiger partial charge in [-0.25, -0.2) is 0 Å². The fourth-order valence-corrected chi connectivity index (χ4v) is 4.10. The van der Waals surface area contributed by atoms with E-state index in [0.29, 0.717) is 0 Å². The Hall–Kier alpha value is -2.07. The lowest BCUT2D eigenvalue weighted by Crippen LogP contribution is -2.40. The van der Waals surface area contributed by atoms with E-state index in [9.17, 15) is 0 Å². The third-order valence-electron chi connectivity index (χ3n) is 5.39. The van der Waals surface area contributed by atoms with Crippen LogP contribution in [-0.2, 0) is 12.8 Å². The number of pyridine rings is 1. The lowest BCUT2D eigenvalue weighted by molar-refractivity contribution is 0.0897. The Morgan fingerprint density at radius 3 is 2.60 bits per heavy atom. The summed E-state index contributed by atoms with van der Waals surface area (Å²) in [6.07, 6.45) is 6.68. The van der Waals surface area contributed by atoms with Crippen molar-refractivity contribution in [3.8, 4) is 11.5 Å². The SMILES string of the molecule is COc1ccccc1OC1CCN(CC2Cc3cccnc3C2)CC1. The van der Waals surface area contributed by atoms with Crippen molar-refractivity contribution < 1.29 is 9.47 Å². The number of methoxy groups -OCH3 is 1. The first-order valence-electron chi connectivity index (χ1n) is 9.26. The summed E-state index contributed by atoms with van der Waals surface area (Å²) in [7, 11) is 1.69. The normalized spacial score (nSPS) is 21.1. The molecule has 1 aliphatic carbocycles. The summed E-state index contributed by atoms with van der Waals surface area (Å²) >= 11 is 0. The molecule has 4 heteroatoms. The summed E-state index contributed by atoms with van der Waals surface area (Å²) in [5.41, 5.74) is 2.75. The van der Waals surface area contributed by atoms with E-state index in [1.807, 2.05) is 30.5 Å². The first-order valence-corrected chi connectivity index (χ1v) is 9.26. The molecule has 1 aliphatic heterocycles. The van der Waals surface area contributed by atoms with Crippen molar-refractivity contribution >= 4 is 0 Å². The zero-order valence-corrected chi connectivity index (χ0v) is 14.9. The maximum absolute atomic E-state index is 6.18. The highest BCUT2D eigenvalue weighted by Gasteiger charge is 2.27. The Labute approximate surface area is 149 Å². The number of piperidine rings is 1. The highest BCUT2D eigenvalue weighted by atomic mass is 16.5. The fraction of sp³-hybridized carbons (Fsp3) is 0.476. The van der Waals surface area contributed by atoms with Crippen LogP contribution in [0.5, 0.6) is 11.5 Å². The van der Waals surface area contributed by atoms with Crippen molar-refractivity contribution in [1.82, 2.24) is 9.88 Å². The highest BCUT2D eigenvalue weighted by molar-refractivity contribution is 5.39. The molecule has 2 aliphatic rings. The molecule has 4 nitrogen and oxygen atoms in total. The highest BCUT2D eigenvalue weighted by Crippen LogP contribution is 2.30. The van der Waals surface area contributed by atoms with Crippen molar-refractivity contribution in [2.45, 2.75) is 31.8 Å².